The molecule has 0 unspecified atom stereocenters. The van der Waals surface area contributed by atoms with Crippen LogP contribution >= 0.6 is 0 Å². The van der Waals surface area contributed by atoms with Crippen molar-refractivity contribution in [1.29, 1.82) is 0 Å². The highest BCUT2D eigenvalue weighted by Crippen LogP contribution is 2.35. The van der Waals surface area contributed by atoms with Crippen molar-refractivity contribution < 1.29 is 19.1 Å². The predicted molar refractivity (Wildman–Crippen MR) is 134 cm³/mol. The van der Waals surface area contributed by atoms with Crippen LogP contribution in [-0.4, -0.2) is 39.6 Å². The molecule has 0 saturated heterocycles. The molecule has 0 spiro atoms. The van der Waals surface area contributed by atoms with Gasteiger partial charge in [-0.2, -0.15) is 0 Å². The predicted octanol–water partition coefficient (Wildman–Crippen LogP) is 4.56. The lowest BCUT2D eigenvalue weighted by atomic mass is 10.0. The molecule has 174 valence electrons. The fourth-order valence-electron chi connectivity index (χ4n) is 3.79. The first kappa shape index (κ1) is 22.9. The summed E-state index contributed by atoms with van der Waals surface area (Å²) in [6.45, 7) is 2.43. The van der Waals surface area contributed by atoms with Crippen LogP contribution in [0.1, 0.15) is 12.5 Å². The van der Waals surface area contributed by atoms with Gasteiger partial charge in [0.25, 0.3) is 11.8 Å². The van der Waals surface area contributed by atoms with Gasteiger partial charge < -0.3 is 19.7 Å². The van der Waals surface area contributed by atoms with Gasteiger partial charge in [-0.1, -0.05) is 24.3 Å². The fourth-order valence-corrected chi connectivity index (χ4v) is 3.79. The topological polar surface area (TPSA) is 71.1 Å². The Balaban J connectivity index is 1.79. The van der Waals surface area contributed by atoms with Gasteiger partial charge >= 0.3 is 0 Å². The Kier molecular flexibility index (Phi) is 6.54. The van der Waals surface area contributed by atoms with Crippen LogP contribution in [0.15, 0.2) is 78.5 Å². The molecule has 4 rings (SSSR count). The summed E-state index contributed by atoms with van der Waals surface area (Å²) < 4.78 is 10.8. The van der Waals surface area contributed by atoms with Crippen molar-refractivity contribution >= 4 is 34.4 Å². The number of benzene rings is 3. The lowest BCUT2D eigenvalue weighted by Gasteiger charge is -2.19. The maximum atomic E-state index is 13.7. The van der Waals surface area contributed by atoms with E-state index in [1.54, 1.807) is 43.5 Å². The van der Waals surface area contributed by atoms with Crippen LogP contribution in [0.3, 0.4) is 0 Å². The van der Waals surface area contributed by atoms with E-state index in [2.05, 4.69) is 5.32 Å². The van der Waals surface area contributed by atoms with Gasteiger partial charge in [0.05, 0.1) is 25.0 Å². The molecule has 0 saturated carbocycles. The summed E-state index contributed by atoms with van der Waals surface area (Å²) in [5.74, 6) is 0.519. The lowest BCUT2D eigenvalue weighted by Crippen LogP contribution is -2.32. The Morgan fingerprint density at radius 1 is 0.882 bits per heavy atom. The zero-order valence-corrected chi connectivity index (χ0v) is 19.7. The first-order valence-corrected chi connectivity index (χ1v) is 11.0. The van der Waals surface area contributed by atoms with Gasteiger partial charge in [0.2, 0.25) is 0 Å². The third-order valence-corrected chi connectivity index (χ3v) is 5.48. The molecule has 1 aliphatic rings. The minimum Gasteiger partial charge on any atom is -0.497 e. The second-order valence-corrected chi connectivity index (χ2v) is 7.92. The molecule has 3 aromatic carbocycles. The molecule has 0 atom stereocenters. The summed E-state index contributed by atoms with van der Waals surface area (Å²) in [6.07, 6.45) is 0. The van der Waals surface area contributed by atoms with E-state index < -0.39 is 11.8 Å². The van der Waals surface area contributed by atoms with E-state index in [0.29, 0.717) is 40.6 Å². The SMILES string of the molecule is CCOc1cccc(NC2=C(c3ccc(OC)cc3)C(=O)N(c3cccc(N(C)C)c3)C2=O)c1. The molecule has 1 aliphatic heterocycles. The number of ether oxygens (including phenoxy) is 2. The van der Waals surface area contributed by atoms with Crippen molar-refractivity contribution in [2.45, 2.75) is 6.92 Å². The second kappa shape index (κ2) is 9.70. The van der Waals surface area contributed by atoms with E-state index in [-0.39, 0.29) is 5.70 Å². The summed E-state index contributed by atoms with van der Waals surface area (Å²) in [5.41, 5.74) is 3.16. The highest BCUT2D eigenvalue weighted by atomic mass is 16.5. The van der Waals surface area contributed by atoms with Crippen LogP contribution in [0, 0.1) is 0 Å². The third-order valence-electron chi connectivity index (χ3n) is 5.48. The fraction of sp³-hybridized carbons (Fsp3) is 0.185. The molecule has 0 bridgehead atoms. The quantitative estimate of drug-likeness (QED) is 0.500. The number of anilines is 3. The Morgan fingerprint density at radius 2 is 1.62 bits per heavy atom. The van der Waals surface area contributed by atoms with Crippen molar-refractivity contribution in [2.75, 3.05) is 42.9 Å². The highest BCUT2D eigenvalue weighted by Gasteiger charge is 2.40. The van der Waals surface area contributed by atoms with Crippen LogP contribution in [0.5, 0.6) is 11.5 Å². The standard InChI is InChI=1S/C27H27N3O4/c1-5-34-23-11-6-8-19(16-23)28-25-24(18-12-14-22(33-4)15-13-18)26(31)30(27(25)32)21-10-7-9-20(17-21)29(2)3/h6-17,28H,5H2,1-4H3. The van der Waals surface area contributed by atoms with Crippen molar-refractivity contribution in [2.24, 2.45) is 0 Å². The second-order valence-electron chi connectivity index (χ2n) is 7.92. The molecular weight excluding hydrogens is 430 g/mol. The number of carbonyl (C=O) groups excluding carboxylic acids is 2. The summed E-state index contributed by atoms with van der Waals surface area (Å²) in [4.78, 5) is 30.4. The molecule has 0 fully saturated rings. The summed E-state index contributed by atoms with van der Waals surface area (Å²) in [7, 11) is 5.40. The third kappa shape index (κ3) is 4.45. The van der Waals surface area contributed by atoms with Crippen molar-refractivity contribution in [1.82, 2.24) is 0 Å². The van der Waals surface area contributed by atoms with Gasteiger partial charge in [0.1, 0.15) is 17.2 Å². The number of hydrogen-bond donors (Lipinski definition) is 1. The summed E-state index contributed by atoms with van der Waals surface area (Å²) in [6, 6.07) is 21.7. The van der Waals surface area contributed by atoms with Gasteiger partial charge in [-0.25, -0.2) is 4.90 Å². The summed E-state index contributed by atoms with van der Waals surface area (Å²) in [5, 5.41) is 3.18. The molecule has 3 aromatic rings. The highest BCUT2D eigenvalue weighted by molar-refractivity contribution is 6.46. The smallest absolute Gasteiger partial charge is 0.282 e. The van der Waals surface area contributed by atoms with Crippen molar-refractivity contribution in [3.63, 3.8) is 0 Å². The van der Waals surface area contributed by atoms with E-state index in [1.807, 2.05) is 62.3 Å². The number of nitrogens with one attached hydrogen (secondary N) is 1. The first-order valence-electron chi connectivity index (χ1n) is 11.0. The molecule has 2 amide bonds. The average Bonchev–Trinajstić information content (AvgIpc) is 3.08. The van der Waals surface area contributed by atoms with Crippen LogP contribution < -0.4 is 24.6 Å². The Bertz CT molecular complexity index is 1250. The minimum absolute atomic E-state index is 0.207. The number of carbonyl (C=O) groups is 2. The Hall–Kier alpha value is -4.26. The van der Waals surface area contributed by atoms with E-state index in [1.165, 1.54) is 4.90 Å². The molecule has 0 aromatic heterocycles. The number of hydrogen-bond acceptors (Lipinski definition) is 6. The summed E-state index contributed by atoms with van der Waals surface area (Å²) >= 11 is 0. The molecule has 0 radical (unpaired) electrons. The Labute approximate surface area is 199 Å². The molecule has 7 heteroatoms. The maximum Gasteiger partial charge on any atom is 0.282 e. The van der Waals surface area contributed by atoms with Gasteiger partial charge in [0.15, 0.2) is 0 Å². The van der Waals surface area contributed by atoms with E-state index in [9.17, 15) is 9.59 Å². The van der Waals surface area contributed by atoms with E-state index in [4.69, 9.17) is 9.47 Å². The average molecular weight is 458 g/mol. The Morgan fingerprint density at radius 3 is 2.29 bits per heavy atom. The molecule has 1 heterocycles. The first-order chi connectivity index (χ1) is 16.4. The van der Waals surface area contributed by atoms with Gasteiger partial charge in [-0.05, 0) is 55.0 Å². The van der Waals surface area contributed by atoms with Crippen LogP contribution in [0.4, 0.5) is 17.1 Å². The molecular formula is C27H27N3O4. The zero-order valence-electron chi connectivity index (χ0n) is 19.7. The minimum atomic E-state index is -0.423. The molecule has 34 heavy (non-hydrogen) atoms. The molecule has 0 aliphatic carbocycles. The van der Waals surface area contributed by atoms with Crippen molar-refractivity contribution in [3.8, 4) is 11.5 Å². The van der Waals surface area contributed by atoms with Crippen LogP contribution in [-0.2, 0) is 9.59 Å². The zero-order chi connectivity index (χ0) is 24.2. The number of imide groups is 1. The lowest BCUT2D eigenvalue weighted by molar-refractivity contribution is -0.120. The van der Waals surface area contributed by atoms with E-state index in [0.717, 1.165) is 5.69 Å². The molecule has 1 N–H and O–H groups in total. The van der Waals surface area contributed by atoms with Crippen molar-refractivity contribution in [3.05, 3.63) is 84.1 Å². The number of methoxy groups -OCH3 is 1. The monoisotopic (exact) mass is 457 g/mol. The number of amides is 2. The van der Waals surface area contributed by atoms with Crippen LogP contribution in [0.25, 0.3) is 5.57 Å². The maximum absolute atomic E-state index is 13.7. The molecule has 7 nitrogen and oxygen atoms in total. The van der Waals surface area contributed by atoms with Gasteiger partial charge in [0, 0.05) is 31.5 Å². The van der Waals surface area contributed by atoms with E-state index >= 15 is 0 Å². The number of rotatable bonds is 8. The van der Waals surface area contributed by atoms with Gasteiger partial charge in [-0.3, -0.25) is 9.59 Å². The van der Waals surface area contributed by atoms with Gasteiger partial charge in [-0.15, -0.1) is 0 Å². The number of nitrogens with zero attached hydrogens (tertiary/aromatic N) is 2. The largest absolute Gasteiger partial charge is 0.497 e. The normalized spacial score (nSPS) is 13.4. The van der Waals surface area contributed by atoms with Crippen LogP contribution in [0.2, 0.25) is 0 Å².